The van der Waals surface area contributed by atoms with E-state index >= 15 is 0 Å². The van der Waals surface area contributed by atoms with Gasteiger partial charge in [0.1, 0.15) is 0 Å². The minimum Gasteiger partial charge on any atom is -0.393 e. The van der Waals surface area contributed by atoms with Gasteiger partial charge in [-0.3, -0.25) is 0 Å². The van der Waals surface area contributed by atoms with E-state index in [1.54, 1.807) is 6.92 Å². The summed E-state index contributed by atoms with van der Waals surface area (Å²) >= 11 is 0. The number of nitrogens with zero attached hydrogens (tertiary/aromatic N) is 1. The third kappa shape index (κ3) is 3.87. The van der Waals surface area contributed by atoms with Crippen LogP contribution in [0.25, 0.3) is 0 Å². The Kier molecular flexibility index (Phi) is 4.41. The molecule has 0 aromatic heterocycles. The highest BCUT2D eigenvalue weighted by molar-refractivity contribution is 5.89. The molecule has 4 nitrogen and oxygen atoms in total. The predicted octanol–water partition coefficient (Wildman–Crippen LogP) is 2.94. The van der Waals surface area contributed by atoms with Gasteiger partial charge >= 0.3 is 12.2 Å². The molecule has 2 rings (SSSR count). The molecule has 0 bridgehead atoms. The van der Waals surface area contributed by atoms with Crippen LogP contribution in [0.2, 0.25) is 0 Å². The van der Waals surface area contributed by atoms with E-state index in [2.05, 4.69) is 5.32 Å². The minimum absolute atomic E-state index is 0.0114. The number of likely N-dealkylation sites (tertiary alicyclic amines) is 1. The van der Waals surface area contributed by atoms with Crippen LogP contribution in [0.5, 0.6) is 0 Å². The molecular weight excluding hydrogens is 285 g/mol. The number of hydrogen-bond donors (Lipinski definition) is 2. The van der Waals surface area contributed by atoms with Crippen molar-refractivity contribution in [3.63, 3.8) is 0 Å². The maximum absolute atomic E-state index is 12.6. The van der Waals surface area contributed by atoms with Crippen LogP contribution in [-0.4, -0.2) is 35.2 Å². The highest BCUT2D eigenvalue weighted by Crippen LogP contribution is 2.30. The second-order valence-electron chi connectivity index (χ2n) is 5.24. The van der Waals surface area contributed by atoms with Crippen LogP contribution in [0.15, 0.2) is 24.3 Å². The largest absolute Gasteiger partial charge is 0.416 e. The second-order valence-corrected chi connectivity index (χ2v) is 5.24. The molecule has 2 N–H and O–H groups in total. The summed E-state index contributed by atoms with van der Waals surface area (Å²) in [6.45, 7) is 2.56. The molecule has 1 saturated heterocycles. The van der Waals surface area contributed by atoms with Crippen molar-refractivity contribution in [2.45, 2.75) is 25.6 Å². The Morgan fingerprint density at radius 3 is 2.76 bits per heavy atom. The molecule has 0 aliphatic carbocycles. The highest BCUT2D eigenvalue weighted by Gasteiger charge is 2.31. The number of nitrogens with one attached hydrogen (secondary N) is 1. The van der Waals surface area contributed by atoms with Gasteiger partial charge in [0.05, 0.1) is 11.7 Å². The van der Waals surface area contributed by atoms with Crippen molar-refractivity contribution >= 4 is 11.7 Å². The normalized spacial score (nSPS) is 20.4. The number of urea groups is 1. The van der Waals surface area contributed by atoms with Gasteiger partial charge in [-0.15, -0.1) is 0 Å². The van der Waals surface area contributed by atoms with Crippen molar-refractivity contribution in [3.05, 3.63) is 29.8 Å². The SMILES string of the molecule is CC(O)C1CCN(C(=O)Nc2cccc(C(F)(F)F)c2)C1. The van der Waals surface area contributed by atoms with E-state index < -0.39 is 23.9 Å². The van der Waals surface area contributed by atoms with Crippen LogP contribution in [0.1, 0.15) is 18.9 Å². The van der Waals surface area contributed by atoms with E-state index in [0.29, 0.717) is 19.5 Å². The third-order valence-electron chi connectivity index (χ3n) is 3.64. The predicted molar refractivity (Wildman–Crippen MR) is 71.8 cm³/mol. The molecule has 2 amide bonds. The van der Waals surface area contributed by atoms with Gasteiger partial charge in [-0.2, -0.15) is 13.2 Å². The van der Waals surface area contributed by atoms with Crippen molar-refractivity contribution in [2.75, 3.05) is 18.4 Å². The summed E-state index contributed by atoms with van der Waals surface area (Å²) < 4.78 is 37.8. The van der Waals surface area contributed by atoms with Gasteiger partial charge in [-0.25, -0.2) is 4.79 Å². The Hall–Kier alpha value is -1.76. The number of amides is 2. The Morgan fingerprint density at radius 2 is 2.19 bits per heavy atom. The lowest BCUT2D eigenvalue weighted by molar-refractivity contribution is -0.137. The van der Waals surface area contributed by atoms with Gasteiger partial charge in [0.15, 0.2) is 0 Å². The number of aliphatic hydroxyl groups excluding tert-OH is 1. The molecule has 1 aliphatic heterocycles. The number of hydrogen-bond acceptors (Lipinski definition) is 2. The van der Waals surface area contributed by atoms with E-state index in [1.165, 1.54) is 17.0 Å². The fourth-order valence-electron chi connectivity index (χ4n) is 2.34. The number of alkyl halides is 3. The first kappa shape index (κ1) is 15.6. The average molecular weight is 302 g/mol. The molecule has 1 fully saturated rings. The van der Waals surface area contributed by atoms with Gasteiger partial charge < -0.3 is 15.3 Å². The summed E-state index contributed by atoms with van der Waals surface area (Å²) in [6, 6.07) is 4.07. The maximum atomic E-state index is 12.6. The standard InChI is InChI=1S/C14H17F3N2O2/c1-9(20)10-5-6-19(8-10)13(21)18-12-4-2-3-11(7-12)14(15,16)17/h2-4,7,9-10,20H,5-6,8H2,1H3,(H,18,21). The zero-order valence-electron chi connectivity index (χ0n) is 11.5. The van der Waals surface area contributed by atoms with Crippen molar-refractivity contribution in [3.8, 4) is 0 Å². The first-order chi connectivity index (χ1) is 9.77. The monoisotopic (exact) mass is 302 g/mol. The summed E-state index contributed by atoms with van der Waals surface area (Å²) in [6.07, 6.45) is -4.25. The van der Waals surface area contributed by atoms with Crippen LogP contribution in [0, 0.1) is 5.92 Å². The average Bonchev–Trinajstić information content (AvgIpc) is 2.88. The molecule has 116 valence electrons. The van der Waals surface area contributed by atoms with Gasteiger partial charge in [0, 0.05) is 24.7 Å². The number of halogens is 3. The lowest BCUT2D eigenvalue weighted by atomic mass is 10.0. The van der Waals surface area contributed by atoms with Gasteiger partial charge in [-0.05, 0) is 31.5 Å². The van der Waals surface area contributed by atoms with Crippen molar-refractivity contribution in [1.82, 2.24) is 4.90 Å². The molecule has 0 spiro atoms. The van der Waals surface area contributed by atoms with Crippen LogP contribution < -0.4 is 5.32 Å². The molecular formula is C14H17F3N2O2. The Balaban J connectivity index is 2.01. The van der Waals surface area contributed by atoms with E-state index in [-0.39, 0.29) is 11.6 Å². The van der Waals surface area contributed by atoms with Gasteiger partial charge in [0.25, 0.3) is 0 Å². The molecule has 1 aromatic carbocycles. The number of rotatable bonds is 2. The third-order valence-corrected chi connectivity index (χ3v) is 3.64. The fraction of sp³-hybridized carbons (Fsp3) is 0.500. The van der Waals surface area contributed by atoms with Crippen molar-refractivity contribution in [1.29, 1.82) is 0 Å². The summed E-state index contributed by atoms with van der Waals surface area (Å²) in [5.74, 6) is 0.0114. The first-order valence-electron chi connectivity index (χ1n) is 6.68. The minimum atomic E-state index is -4.44. The van der Waals surface area contributed by atoms with E-state index in [0.717, 1.165) is 12.1 Å². The van der Waals surface area contributed by atoms with E-state index in [1.807, 2.05) is 0 Å². The molecule has 0 radical (unpaired) electrons. The number of anilines is 1. The molecule has 1 aliphatic rings. The Labute approximate surface area is 120 Å². The van der Waals surface area contributed by atoms with E-state index in [4.69, 9.17) is 0 Å². The van der Waals surface area contributed by atoms with Crippen LogP contribution >= 0.6 is 0 Å². The summed E-state index contributed by atoms with van der Waals surface area (Å²) in [4.78, 5) is 13.5. The summed E-state index contributed by atoms with van der Waals surface area (Å²) in [5, 5.41) is 11.9. The van der Waals surface area contributed by atoms with Crippen molar-refractivity contribution in [2.24, 2.45) is 5.92 Å². The van der Waals surface area contributed by atoms with E-state index in [9.17, 15) is 23.1 Å². The van der Waals surface area contributed by atoms with Crippen molar-refractivity contribution < 1.29 is 23.1 Å². The number of carbonyl (C=O) groups is 1. The second kappa shape index (κ2) is 5.93. The zero-order chi connectivity index (χ0) is 15.6. The van der Waals surface area contributed by atoms with Crippen LogP contribution in [-0.2, 0) is 6.18 Å². The Morgan fingerprint density at radius 1 is 1.48 bits per heavy atom. The number of aliphatic hydroxyl groups is 1. The van der Waals surface area contributed by atoms with Crippen LogP contribution in [0.4, 0.5) is 23.7 Å². The lowest BCUT2D eigenvalue weighted by Crippen LogP contribution is -2.34. The topological polar surface area (TPSA) is 52.6 Å². The molecule has 2 unspecified atom stereocenters. The number of benzene rings is 1. The van der Waals surface area contributed by atoms with Crippen LogP contribution in [0.3, 0.4) is 0 Å². The fourth-order valence-corrected chi connectivity index (χ4v) is 2.34. The summed E-state index contributed by atoms with van der Waals surface area (Å²) in [5.41, 5.74) is -0.695. The zero-order valence-corrected chi connectivity index (χ0v) is 11.5. The first-order valence-corrected chi connectivity index (χ1v) is 6.68. The molecule has 7 heteroatoms. The lowest BCUT2D eigenvalue weighted by Gasteiger charge is -2.19. The number of carbonyl (C=O) groups excluding carboxylic acids is 1. The molecule has 21 heavy (non-hydrogen) atoms. The highest BCUT2D eigenvalue weighted by atomic mass is 19.4. The molecule has 2 atom stereocenters. The molecule has 1 heterocycles. The quantitative estimate of drug-likeness (QED) is 0.882. The maximum Gasteiger partial charge on any atom is 0.416 e. The van der Waals surface area contributed by atoms with Gasteiger partial charge in [-0.1, -0.05) is 6.07 Å². The summed E-state index contributed by atoms with van der Waals surface area (Å²) in [7, 11) is 0. The molecule has 0 saturated carbocycles. The molecule has 1 aromatic rings. The smallest absolute Gasteiger partial charge is 0.393 e. The Bertz CT molecular complexity index is 517. The van der Waals surface area contributed by atoms with Gasteiger partial charge in [0.2, 0.25) is 0 Å².